The quantitative estimate of drug-likeness (QED) is 0.254. The Balaban J connectivity index is 1.61. The molecule has 3 heteroatoms. The third-order valence-electron chi connectivity index (χ3n) is 5.73. The Morgan fingerprint density at radius 2 is 1.29 bits per heavy atom. The molecule has 0 aliphatic carbocycles. The van der Waals surface area contributed by atoms with Gasteiger partial charge in [-0.2, -0.15) is 0 Å². The molecule has 0 saturated carbocycles. The van der Waals surface area contributed by atoms with Gasteiger partial charge < -0.3 is 0 Å². The number of aryl methyl sites for hydroxylation is 1. The van der Waals surface area contributed by atoms with Crippen LogP contribution in [0, 0.1) is 11.6 Å². The van der Waals surface area contributed by atoms with Gasteiger partial charge in [-0.1, -0.05) is 80.3 Å². The highest BCUT2D eigenvalue weighted by Gasteiger charge is 2.14. The maximum atomic E-state index is 14.8. The summed E-state index contributed by atoms with van der Waals surface area (Å²) in [6, 6.07) is 21.7. The molecule has 31 heavy (non-hydrogen) atoms. The van der Waals surface area contributed by atoms with E-state index >= 15 is 0 Å². The van der Waals surface area contributed by atoms with E-state index in [0.29, 0.717) is 16.1 Å². The van der Waals surface area contributed by atoms with Crippen LogP contribution in [0.2, 0.25) is 5.02 Å². The fourth-order valence-corrected chi connectivity index (χ4v) is 4.14. The van der Waals surface area contributed by atoms with E-state index in [1.54, 1.807) is 24.3 Å². The highest BCUT2D eigenvalue weighted by molar-refractivity contribution is 6.30. The van der Waals surface area contributed by atoms with Crippen LogP contribution in [0.5, 0.6) is 0 Å². The summed E-state index contributed by atoms with van der Waals surface area (Å²) in [7, 11) is 0. The number of fused-ring (bicyclic) bond motifs is 1. The maximum Gasteiger partial charge on any atom is 0.134 e. The largest absolute Gasteiger partial charge is 0.206 e. The van der Waals surface area contributed by atoms with Crippen LogP contribution in [-0.4, -0.2) is 0 Å². The molecule has 158 valence electrons. The first-order chi connectivity index (χ1) is 15.0. The highest BCUT2D eigenvalue weighted by Crippen LogP contribution is 2.33. The second-order valence-electron chi connectivity index (χ2n) is 8.03. The molecule has 0 fully saturated rings. The first-order valence-corrected chi connectivity index (χ1v) is 11.2. The average molecular weight is 435 g/mol. The zero-order valence-corrected chi connectivity index (χ0v) is 18.4. The average Bonchev–Trinajstić information content (AvgIpc) is 2.77. The summed E-state index contributed by atoms with van der Waals surface area (Å²) in [5.41, 5.74) is 3.09. The number of halogens is 3. The lowest BCUT2D eigenvalue weighted by Crippen LogP contribution is -1.92. The minimum atomic E-state index is -0.583. The highest BCUT2D eigenvalue weighted by atomic mass is 35.5. The van der Waals surface area contributed by atoms with Gasteiger partial charge in [0, 0.05) is 5.02 Å². The minimum absolute atomic E-state index is 0.0334. The number of benzene rings is 4. The zero-order chi connectivity index (χ0) is 21.8. The fourth-order valence-electron chi connectivity index (χ4n) is 4.02. The van der Waals surface area contributed by atoms with Crippen molar-refractivity contribution in [1.82, 2.24) is 0 Å². The van der Waals surface area contributed by atoms with E-state index in [4.69, 9.17) is 11.6 Å². The van der Waals surface area contributed by atoms with Crippen LogP contribution in [0.15, 0.2) is 72.8 Å². The summed E-state index contributed by atoms with van der Waals surface area (Å²) >= 11 is 5.89. The van der Waals surface area contributed by atoms with E-state index in [9.17, 15) is 8.78 Å². The zero-order valence-electron chi connectivity index (χ0n) is 17.6. The molecular formula is C28H25ClF2. The minimum Gasteiger partial charge on any atom is -0.206 e. The predicted molar refractivity (Wildman–Crippen MR) is 128 cm³/mol. The van der Waals surface area contributed by atoms with E-state index in [-0.39, 0.29) is 5.56 Å². The van der Waals surface area contributed by atoms with Gasteiger partial charge in [0.25, 0.3) is 0 Å². The van der Waals surface area contributed by atoms with Crippen molar-refractivity contribution in [1.29, 1.82) is 0 Å². The molecular weight excluding hydrogens is 410 g/mol. The third kappa shape index (κ3) is 4.97. The number of rotatable bonds is 7. The van der Waals surface area contributed by atoms with Crippen molar-refractivity contribution in [2.45, 2.75) is 39.0 Å². The van der Waals surface area contributed by atoms with Crippen LogP contribution < -0.4 is 0 Å². The summed E-state index contributed by atoms with van der Waals surface area (Å²) in [5.74, 6) is -1.17. The van der Waals surface area contributed by atoms with Crippen LogP contribution in [0.1, 0.15) is 38.2 Å². The normalized spacial score (nSPS) is 11.2. The van der Waals surface area contributed by atoms with Gasteiger partial charge in [0.05, 0.1) is 5.56 Å². The van der Waals surface area contributed by atoms with Crippen molar-refractivity contribution >= 4 is 22.4 Å². The second-order valence-corrected chi connectivity index (χ2v) is 8.47. The molecule has 0 aromatic heterocycles. The molecule has 0 spiro atoms. The van der Waals surface area contributed by atoms with E-state index in [1.165, 1.54) is 43.4 Å². The molecule has 0 unspecified atom stereocenters. The third-order valence-corrected chi connectivity index (χ3v) is 5.98. The smallest absolute Gasteiger partial charge is 0.134 e. The lowest BCUT2D eigenvalue weighted by molar-refractivity contribution is 0.590. The van der Waals surface area contributed by atoms with Crippen LogP contribution in [0.3, 0.4) is 0 Å². The van der Waals surface area contributed by atoms with Crippen LogP contribution >= 0.6 is 11.6 Å². The van der Waals surface area contributed by atoms with Gasteiger partial charge in [0.1, 0.15) is 11.6 Å². The molecule has 0 bridgehead atoms. The Kier molecular flexibility index (Phi) is 6.67. The molecule has 0 saturated heterocycles. The molecule has 0 atom stereocenters. The van der Waals surface area contributed by atoms with Gasteiger partial charge >= 0.3 is 0 Å². The molecule has 0 aliphatic rings. The Morgan fingerprint density at radius 1 is 0.645 bits per heavy atom. The molecule has 4 aromatic rings. The van der Waals surface area contributed by atoms with Gasteiger partial charge in [-0.15, -0.1) is 0 Å². The summed E-state index contributed by atoms with van der Waals surface area (Å²) in [5, 5.41) is 2.74. The summed E-state index contributed by atoms with van der Waals surface area (Å²) in [6.45, 7) is 2.22. The summed E-state index contributed by atoms with van der Waals surface area (Å²) in [6.07, 6.45) is 6.07. The fraction of sp³-hybridized carbons (Fsp3) is 0.214. The molecule has 0 aliphatic heterocycles. The molecule has 0 radical (unpaired) electrons. The van der Waals surface area contributed by atoms with Crippen LogP contribution in [0.4, 0.5) is 8.78 Å². The first-order valence-electron chi connectivity index (χ1n) is 10.8. The van der Waals surface area contributed by atoms with Crippen molar-refractivity contribution < 1.29 is 8.78 Å². The Labute approximate surface area is 187 Å². The molecule has 0 amide bonds. The van der Waals surface area contributed by atoms with E-state index in [1.807, 2.05) is 18.2 Å². The number of unbranched alkanes of at least 4 members (excludes halogenated alkanes) is 3. The van der Waals surface area contributed by atoms with Gasteiger partial charge in [-0.05, 0) is 76.2 Å². The summed E-state index contributed by atoms with van der Waals surface area (Å²) < 4.78 is 29.7. The maximum absolute atomic E-state index is 14.8. The predicted octanol–water partition coefficient (Wildman–Crippen LogP) is 9.23. The van der Waals surface area contributed by atoms with Crippen LogP contribution in [0.25, 0.3) is 33.0 Å². The lowest BCUT2D eigenvalue weighted by Gasteiger charge is -2.10. The van der Waals surface area contributed by atoms with Gasteiger partial charge in [-0.25, -0.2) is 8.78 Å². The summed E-state index contributed by atoms with van der Waals surface area (Å²) in [4.78, 5) is 0. The van der Waals surface area contributed by atoms with Gasteiger partial charge in [-0.3, -0.25) is 0 Å². The monoisotopic (exact) mass is 434 g/mol. The number of hydrogen-bond acceptors (Lipinski definition) is 0. The van der Waals surface area contributed by atoms with E-state index in [0.717, 1.165) is 22.8 Å². The van der Waals surface area contributed by atoms with Crippen LogP contribution in [-0.2, 0) is 6.42 Å². The van der Waals surface area contributed by atoms with Crippen molar-refractivity contribution in [2.75, 3.05) is 0 Å². The second kappa shape index (κ2) is 9.62. The van der Waals surface area contributed by atoms with Gasteiger partial charge in [0.15, 0.2) is 0 Å². The Bertz CT molecular complexity index is 1170. The SMILES string of the molecule is CCCCCCc1ccc2cc(-c3cc(F)c(-c4ccc(Cl)cc4)c(F)c3)ccc2c1. The standard InChI is InChI=1S/C28H25ClF2/c1-2-3-4-5-6-19-7-8-22-16-23(10-9-21(22)15-19)24-17-26(30)28(27(31)18-24)20-11-13-25(29)14-12-20/h7-18H,2-6H2,1H3. The molecule has 4 rings (SSSR count). The van der Waals surface area contributed by atoms with E-state index < -0.39 is 11.6 Å². The molecule has 0 heterocycles. The van der Waals surface area contributed by atoms with E-state index in [2.05, 4.69) is 25.1 Å². The molecule has 0 N–H and O–H groups in total. The van der Waals surface area contributed by atoms with Crippen molar-refractivity contribution in [2.24, 2.45) is 0 Å². The number of hydrogen-bond donors (Lipinski definition) is 0. The first kappa shape index (κ1) is 21.5. The molecule has 4 aromatic carbocycles. The van der Waals surface area contributed by atoms with Gasteiger partial charge in [0.2, 0.25) is 0 Å². The van der Waals surface area contributed by atoms with Crippen molar-refractivity contribution in [3.05, 3.63) is 95.0 Å². The molecule has 0 nitrogen and oxygen atoms in total. The topological polar surface area (TPSA) is 0 Å². The Hall–Kier alpha value is -2.71. The van der Waals surface area contributed by atoms with Crippen molar-refractivity contribution in [3.63, 3.8) is 0 Å². The lowest BCUT2D eigenvalue weighted by atomic mass is 9.96. The Morgan fingerprint density at radius 3 is 2.00 bits per heavy atom. The van der Waals surface area contributed by atoms with Crippen molar-refractivity contribution in [3.8, 4) is 22.3 Å².